The quantitative estimate of drug-likeness (QED) is 0.783. The molecule has 7 nitrogen and oxygen atoms in total. The average Bonchev–Trinajstić information content (AvgIpc) is 3.12. The van der Waals surface area contributed by atoms with Gasteiger partial charge >= 0.3 is 0 Å². The lowest BCUT2D eigenvalue weighted by molar-refractivity contribution is -0.124. The number of likely N-dealkylation sites (tertiary alicyclic amines) is 1. The van der Waals surface area contributed by atoms with Gasteiger partial charge < -0.3 is 14.6 Å². The van der Waals surface area contributed by atoms with Crippen molar-refractivity contribution in [2.75, 3.05) is 13.1 Å². The first-order chi connectivity index (χ1) is 14.1. The maximum absolute atomic E-state index is 12.8. The van der Waals surface area contributed by atoms with E-state index in [0.29, 0.717) is 48.5 Å². The molecule has 2 aliphatic carbocycles. The monoisotopic (exact) mass is 396 g/mol. The summed E-state index contributed by atoms with van der Waals surface area (Å²) in [6.45, 7) is 1.43. The summed E-state index contributed by atoms with van der Waals surface area (Å²) in [5, 5.41) is 10.4. The molecule has 0 unspecified atom stereocenters. The van der Waals surface area contributed by atoms with Crippen molar-refractivity contribution < 1.29 is 14.0 Å². The molecule has 0 aromatic carbocycles. The molecule has 3 aliphatic rings. The lowest BCUT2D eigenvalue weighted by atomic mass is 9.82. The fourth-order valence-corrected chi connectivity index (χ4v) is 4.84. The van der Waals surface area contributed by atoms with Gasteiger partial charge in [-0.3, -0.25) is 14.7 Å². The van der Waals surface area contributed by atoms with Gasteiger partial charge in [-0.15, -0.1) is 0 Å². The molecule has 1 aliphatic heterocycles. The third-order valence-corrected chi connectivity index (χ3v) is 7.02. The Bertz CT molecular complexity index is 872. The van der Waals surface area contributed by atoms with Crippen LogP contribution in [0.15, 0.2) is 28.9 Å². The standard InChI is InChI=1S/C22H28N4O3/c27-20(13-15-3-1-4-15)23-22(8-9-22)16-6-10-26(11-7-16)21(28)18-14-17(24-25-18)19-5-2-12-29-19/h2,5,12,14-16H,1,3-4,6-11,13H2,(H,23,27)(H,24,25). The third kappa shape index (κ3) is 3.70. The fraction of sp³-hybridized carbons (Fsp3) is 0.591. The Morgan fingerprint density at radius 2 is 2.03 bits per heavy atom. The summed E-state index contributed by atoms with van der Waals surface area (Å²) in [5.41, 5.74) is 1.12. The van der Waals surface area contributed by atoms with Crippen LogP contribution < -0.4 is 5.32 Å². The van der Waals surface area contributed by atoms with E-state index < -0.39 is 0 Å². The zero-order valence-electron chi connectivity index (χ0n) is 16.7. The summed E-state index contributed by atoms with van der Waals surface area (Å²) in [6, 6.07) is 5.39. The molecule has 154 valence electrons. The van der Waals surface area contributed by atoms with Gasteiger partial charge in [0.2, 0.25) is 5.91 Å². The molecule has 0 atom stereocenters. The lowest BCUT2D eigenvalue weighted by Gasteiger charge is -2.37. The van der Waals surface area contributed by atoms with Crippen LogP contribution in [0, 0.1) is 11.8 Å². The molecule has 2 aromatic rings. The zero-order valence-corrected chi connectivity index (χ0v) is 16.7. The Labute approximate surface area is 170 Å². The van der Waals surface area contributed by atoms with Gasteiger partial charge in [0.25, 0.3) is 5.91 Å². The summed E-state index contributed by atoms with van der Waals surface area (Å²) in [6.07, 6.45) is 10.00. The first-order valence-electron chi connectivity index (χ1n) is 10.8. The molecule has 3 fully saturated rings. The molecular formula is C22H28N4O3. The average molecular weight is 396 g/mol. The molecule has 0 bridgehead atoms. The smallest absolute Gasteiger partial charge is 0.274 e. The highest BCUT2D eigenvalue weighted by Crippen LogP contribution is 2.47. The topological polar surface area (TPSA) is 91.2 Å². The third-order valence-electron chi connectivity index (χ3n) is 7.02. The Kier molecular flexibility index (Phi) is 4.68. The second kappa shape index (κ2) is 7.35. The molecule has 29 heavy (non-hydrogen) atoms. The number of furan rings is 1. The van der Waals surface area contributed by atoms with Gasteiger partial charge in [0.1, 0.15) is 5.69 Å². The Morgan fingerprint density at radius 1 is 1.24 bits per heavy atom. The van der Waals surface area contributed by atoms with Crippen LogP contribution in [0.2, 0.25) is 0 Å². The number of carbonyl (C=O) groups is 2. The summed E-state index contributed by atoms with van der Waals surface area (Å²) in [5.74, 6) is 1.92. The van der Waals surface area contributed by atoms with E-state index in [-0.39, 0.29) is 17.4 Å². The summed E-state index contributed by atoms with van der Waals surface area (Å²) >= 11 is 0. The number of hydrogen-bond acceptors (Lipinski definition) is 4. The van der Waals surface area contributed by atoms with E-state index in [2.05, 4.69) is 15.5 Å². The van der Waals surface area contributed by atoms with E-state index in [1.165, 1.54) is 19.3 Å². The number of rotatable bonds is 6. The number of aromatic amines is 1. The van der Waals surface area contributed by atoms with Gasteiger partial charge in [-0.1, -0.05) is 6.42 Å². The van der Waals surface area contributed by atoms with E-state index in [9.17, 15) is 9.59 Å². The molecule has 0 spiro atoms. The van der Waals surface area contributed by atoms with Crippen molar-refractivity contribution in [1.29, 1.82) is 0 Å². The number of piperidine rings is 1. The van der Waals surface area contributed by atoms with Crippen LogP contribution in [0.5, 0.6) is 0 Å². The first-order valence-corrected chi connectivity index (χ1v) is 10.8. The maximum Gasteiger partial charge on any atom is 0.274 e. The number of carbonyl (C=O) groups excluding carboxylic acids is 2. The van der Waals surface area contributed by atoms with Gasteiger partial charge in [-0.25, -0.2) is 0 Å². The number of hydrogen-bond donors (Lipinski definition) is 2. The molecule has 2 aromatic heterocycles. The molecule has 3 heterocycles. The van der Waals surface area contributed by atoms with Crippen molar-refractivity contribution in [3.8, 4) is 11.5 Å². The lowest BCUT2D eigenvalue weighted by Crippen LogP contribution is -2.48. The number of nitrogens with one attached hydrogen (secondary N) is 2. The van der Waals surface area contributed by atoms with E-state index in [1.807, 2.05) is 11.0 Å². The van der Waals surface area contributed by atoms with E-state index >= 15 is 0 Å². The molecule has 0 radical (unpaired) electrons. The van der Waals surface area contributed by atoms with Gasteiger partial charge in [0, 0.05) is 31.1 Å². The van der Waals surface area contributed by atoms with Crippen molar-refractivity contribution in [2.24, 2.45) is 11.8 Å². The number of nitrogens with zero attached hydrogens (tertiary/aromatic N) is 2. The first kappa shape index (κ1) is 18.5. The van der Waals surface area contributed by atoms with Crippen molar-refractivity contribution in [3.05, 3.63) is 30.2 Å². The van der Waals surface area contributed by atoms with Crippen molar-refractivity contribution in [3.63, 3.8) is 0 Å². The van der Waals surface area contributed by atoms with Crippen LogP contribution >= 0.6 is 0 Å². The Hall–Kier alpha value is -2.57. The van der Waals surface area contributed by atoms with Gasteiger partial charge in [-0.2, -0.15) is 5.10 Å². The van der Waals surface area contributed by atoms with Crippen molar-refractivity contribution >= 4 is 11.8 Å². The summed E-state index contributed by atoms with van der Waals surface area (Å²) in [7, 11) is 0. The molecular weight excluding hydrogens is 368 g/mol. The SMILES string of the molecule is O=C(CC1CCC1)NC1(C2CCN(C(=O)c3cc(-c4ccco4)[nH]n3)CC2)CC1. The van der Waals surface area contributed by atoms with Gasteiger partial charge in [0.15, 0.2) is 11.5 Å². The van der Waals surface area contributed by atoms with E-state index in [4.69, 9.17) is 4.42 Å². The normalized spacial score (nSPS) is 21.6. The molecule has 1 saturated heterocycles. The zero-order chi connectivity index (χ0) is 19.8. The van der Waals surface area contributed by atoms with E-state index in [1.54, 1.807) is 18.4 Å². The Balaban J connectivity index is 1.15. The van der Waals surface area contributed by atoms with Crippen LogP contribution in [0.3, 0.4) is 0 Å². The van der Waals surface area contributed by atoms with Crippen LogP contribution in [0.25, 0.3) is 11.5 Å². The number of aromatic nitrogens is 2. The minimum Gasteiger partial charge on any atom is -0.463 e. The van der Waals surface area contributed by atoms with Crippen LogP contribution in [-0.4, -0.2) is 45.5 Å². The fourth-order valence-electron chi connectivity index (χ4n) is 4.84. The molecule has 2 amide bonds. The van der Waals surface area contributed by atoms with Crippen LogP contribution in [0.1, 0.15) is 61.9 Å². The largest absolute Gasteiger partial charge is 0.463 e. The summed E-state index contributed by atoms with van der Waals surface area (Å²) < 4.78 is 5.35. The highest BCUT2D eigenvalue weighted by Gasteiger charge is 2.51. The predicted octanol–water partition coefficient (Wildman–Crippen LogP) is 3.36. The molecule has 7 heteroatoms. The highest BCUT2D eigenvalue weighted by atomic mass is 16.3. The Morgan fingerprint density at radius 3 is 2.66 bits per heavy atom. The number of H-pyrrole nitrogens is 1. The minimum absolute atomic E-state index is 0.00520. The van der Waals surface area contributed by atoms with Crippen LogP contribution in [-0.2, 0) is 4.79 Å². The van der Waals surface area contributed by atoms with Crippen molar-refractivity contribution in [1.82, 2.24) is 20.4 Å². The maximum atomic E-state index is 12.8. The molecule has 2 N–H and O–H groups in total. The summed E-state index contributed by atoms with van der Waals surface area (Å²) in [4.78, 5) is 27.1. The second-order valence-electron chi connectivity index (χ2n) is 8.92. The molecule has 5 rings (SSSR count). The van der Waals surface area contributed by atoms with Crippen LogP contribution in [0.4, 0.5) is 0 Å². The van der Waals surface area contributed by atoms with Gasteiger partial charge in [-0.05, 0) is 62.5 Å². The predicted molar refractivity (Wildman–Crippen MR) is 107 cm³/mol. The second-order valence-corrected chi connectivity index (χ2v) is 8.92. The van der Waals surface area contributed by atoms with Gasteiger partial charge in [0.05, 0.1) is 6.26 Å². The van der Waals surface area contributed by atoms with E-state index in [0.717, 1.165) is 25.7 Å². The highest BCUT2D eigenvalue weighted by molar-refractivity contribution is 5.93. The number of amides is 2. The van der Waals surface area contributed by atoms with Crippen molar-refractivity contribution in [2.45, 2.75) is 56.9 Å². The molecule has 2 saturated carbocycles. The minimum atomic E-state index is -0.0450.